The van der Waals surface area contributed by atoms with Crippen LogP contribution in [0.3, 0.4) is 0 Å². The number of carbonyl (C=O) groups excluding carboxylic acids is 1. The van der Waals surface area contributed by atoms with Crippen molar-refractivity contribution in [1.82, 2.24) is 0 Å². The molecule has 4 rings (SSSR count). The summed E-state index contributed by atoms with van der Waals surface area (Å²) in [6.07, 6.45) is 9.26. The van der Waals surface area contributed by atoms with Gasteiger partial charge in [-0.15, -0.1) is 0 Å². The van der Waals surface area contributed by atoms with Crippen molar-refractivity contribution in [3.63, 3.8) is 0 Å². The molecule has 8 atom stereocenters. The number of hydrogen-bond acceptors (Lipinski definition) is 4. The van der Waals surface area contributed by atoms with Gasteiger partial charge in [0.25, 0.3) is 0 Å². The van der Waals surface area contributed by atoms with Crippen LogP contribution in [0.5, 0.6) is 0 Å². The molecule has 0 spiro atoms. The molecule has 0 unspecified atom stereocenters. The van der Waals surface area contributed by atoms with Crippen LogP contribution in [0, 0.1) is 45.3 Å². The Morgan fingerprint density at radius 2 is 1.79 bits per heavy atom. The molecule has 2 N–H and O–H groups in total. The van der Waals surface area contributed by atoms with Crippen LogP contribution < -0.4 is 0 Å². The summed E-state index contributed by atoms with van der Waals surface area (Å²) in [6, 6.07) is 0. The molecule has 0 aromatic heterocycles. The Bertz CT molecular complexity index is 1070. The van der Waals surface area contributed by atoms with Gasteiger partial charge in [0, 0.05) is 23.7 Å². The summed E-state index contributed by atoms with van der Waals surface area (Å²) in [6.45, 7) is 21.2. The number of ether oxygens (including phenoxy) is 1. The summed E-state index contributed by atoms with van der Waals surface area (Å²) in [5.41, 5.74) is 2.93. The van der Waals surface area contributed by atoms with Crippen LogP contribution in [0.2, 0.25) is 0 Å². The highest BCUT2D eigenvalue weighted by atomic mass is 16.5. The first-order chi connectivity index (χ1) is 17.5. The maximum atomic E-state index is 12.6. The Kier molecular flexibility index (Phi) is 7.39. The maximum absolute atomic E-state index is 12.6. The summed E-state index contributed by atoms with van der Waals surface area (Å²) >= 11 is 0. The van der Waals surface area contributed by atoms with E-state index >= 15 is 0 Å². The normalized spacial score (nSPS) is 40.3. The number of carboxylic acids is 1. The van der Waals surface area contributed by atoms with E-state index in [4.69, 9.17) is 4.74 Å². The smallest absolute Gasteiger partial charge is 0.306 e. The van der Waals surface area contributed by atoms with Gasteiger partial charge in [-0.25, -0.2) is 0 Å². The van der Waals surface area contributed by atoms with E-state index in [0.29, 0.717) is 31.1 Å². The molecule has 5 heteroatoms. The number of aliphatic carboxylic acids is 1. The third-order valence-corrected chi connectivity index (χ3v) is 11.9. The quantitative estimate of drug-likeness (QED) is 0.273. The maximum Gasteiger partial charge on any atom is 0.306 e. The second-order valence-corrected chi connectivity index (χ2v) is 14.4. The second-order valence-electron chi connectivity index (χ2n) is 14.4. The number of aliphatic hydroxyl groups is 1. The molecule has 4 aliphatic carbocycles. The van der Waals surface area contributed by atoms with E-state index in [9.17, 15) is 19.8 Å². The average molecular weight is 527 g/mol. The van der Waals surface area contributed by atoms with Crippen molar-refractivity contribution in [2.75, 3.05) is 0 Å². The second kappa shape index (κ2) is 9.64. The fraction of sp³-hybridized carbons (Fsp3) is 0.758. The van der Waals surface area contributed by atoms with Crippen molar-refractivity contribution >= 4 is 11.9 Å². The molecule has 212 valence electrons. The standard InChI is InChI=1S/C33H50O5/c1-19(2)20(3)10-11-22(29(36)37)28-25(35)18-33(9)24-12-13-26-30(5,6)27(38-21(4)34)15-16-31(26,7)23(24)14-17-32(28,33)8/h12,14,19,22,25-28,35H,3,10-11,13,15-18H2,1-2,4-9H3,(H,36,37)/t22-,25-,26+,27-,28+,31-,32-,33+/m1/s1. The van der Waals surface area contributed by atoms with Crippen molar-refractivity contribution < 1.29 is 24.5 Å². The molecular formula is C33H50O5. The van der Waals surface area contributed by atoms with Gasteiger partial charge in [-0.1, -0.05) is 72.8 Å². The lowest BCUT2D eigenvalue weighted by Gasteiger charge is -2.61. The number of esters is 1. The minimum absolute atomic E-state index is 0.0428. The fourth-order valence-electron chi connectivity index (χ4n) is 9.30. The monoisotopic (exact) mass is 526 g/mol. The molecule has 0 radical (unpaired) electrons. The zero-order valence-electron chi connectivity index (χ0n) is 24.9. The van der Waals surface area contributed by atoms with E-state index < -0.39 is 18.0 Å². The molecule has 2 fully saturated rings. The fourth-order valence-corrected chi connectivity index (χ4v) is 9.30. The summed E-state index contributed by atoms with van der Waals surface area (Å²) in [7, 11) is 0. The number of aliphatic hydroxyl groups excluding tert-OH is 1. The van der Waals surface area contributed by atoms with Crippen LogP contribution in [0.15, 0.2) is 35.5 Å². The Balaban J connectivity index is 1.70. The van der Waals surface area contributed by atoms with Crippen LogP contribution in [0.1, 0.15) is 100 Å². The SMILES string of the molecule is C=C(CC[C@@H](C(=O)O)[C@H]1[C@H](O)C[C@@]2(C)C3=CC[C@H]4C(C)(C)[C@H](OC(C)=O)CC[C@]4(C)C3=CC[C@]12C)C(C)C. The number of carbonyl (C=O) groups is 2. The van der Waals surface area contributed by atoms with Gasteiger partial charge in [0.15, 0.2) is 0 Å². The highest BCUT2D eigenvalue weighted by Gasteiger charge is 2.66. The van der Waals surface area contributed by atoms with E-state index in [1.807, 2.05) is 0 Å². The van der Waals surface area contributed by atoms with Gasteiger partial charge in [0.2, 0.25) is 0 Å². The van der Waals surface area contributed by atoms with Gasteiger partial charge >= 0.3 is 11.9 Å². The molecule has 0 saturated heterocycles. The van der Waals surface area contributed by atoms with Crippen LogP contribution >= 0.6 is 0 Å². The van der Waals surface area contributed by atoms with E-state index in [0.717, 1.165) is 31.3 Å². The number of allylic oxidation sites excluding steroid dienone is 5. The van der Waals surface area contributed by atoms with Crippen molar-refractivity contribution in [1.29, 1.82) is 0 Å². The van der Waals surface area contributed by atoms with Crippen LogP contribution in [-0.4, -0.2) is 34.4 Å². The molecule has 0 aliphatic heterocycles. The Morgan fingerprint density at radius 1 is 1.13 bits per heavy atom. The van der Waals surface area contributed by atoms with E-state index in [-0.39, 0.29) is 39.7 Å². The van der Waals surface area contributed by atoms with Crippen LogP contribution in [-0.2, 0) is 14.3 Å². The largest absolute Gasteiger partial charge is 0.481 e. The third-order valence-electron chi connectivity index (χ3n) is 11.9. The van der Waals surface area contributed by atoms with Gasteiger partial charge in [-0.05, 0) is 78.8 Å². The van der Waals surface area contributed by atoms with Gasteiger partial charge in [-0.3, -0.25) is 9.59 Å². The minimum Gasteiger partial charge on any atom is -0.481 e. The Labute approximate surface area is 229 Å². The number of hydrogen-bond donors (Lipinski definition) is 2. The predicted molar refractivity (Wildman–Crippen MR) is 150 cm³/mol. The van der Waals surface area contributed by atoms with Crippen molar-refractivity contribution in [3.05, 3.63) is 35.5 Å². The third kappa shape index (κ3) is 4.22. The van der Waals surface area contributed by atoms with Crippen molar-refractivity contribution in [2.24, 2.45) is 45.3 Å². The van der Waals surface area contributed by atoms with Gasteiger partial charge < -0.3 is 14.9 Å². The van der Waals surface area contributed by atoms with Gasteiger partial charge in [0.1, 0.15) is 6.10 Å². The number of rotatable bonds is 7. The summed E-state index contributed by atoms with van der Waals surface area (Å²) in [5.74, 6) is -1.28. The molecule has 5 nitrogen and oxygen atoms in total. The van der Waals surface area contributed by atoms with E-state index in [1.54, 1.807) is 0 Å². The number of fused-ring (bicyclic) bond motifs is 5. The average Bonchev–Trinajstić information content (AvgIpc) is 3.01. The van der Waals surface area contributed by atoms with Crippen molar-refractivity contribution in [2.45, 2.75) is 113 Å². The van der Waals surface area contributed by atoms with E-state index in [1.165, 1.54) is 18.1 Å². The molecule has 0 heterocycles. The molecule has 2 saturated carbocycles. The lowest BCUT2D eigenvalue weighted by Crippen LogP contribution is -2.55. The summed E-state index contributed by atoms with van der Waals surface area (Å²) in [4.78, 5) is 24.5. The first-order valence-corrected chi connectivity index (χ1v) is 14.7. The molecular weight excluding hydrogens is 476 g/mol. The first kappa shape index (κ1) is 29.1. The minimum atomic E-state index is -0.805. The number of carboxylic acid groups (broad SMARTS) is 1. The molecule has 38 heavy (non-hydrogen) atoms. The predicted octanol–water partition coefficient (Wildman–Crippen LogP) is 7.11. The highest BCUT2D eigenvalue weighted by Crippen LogP contribution is 2.72. The molecule has 4 aliphatic rings. The zero-order chi connectivity index (χ0) is 28.4. The first-order valence-electron chi connectivity index (χ1n) is 14.7. The Hall–Kier alpha value is -1.88. The van der Waals surface area contributed by atoms with Crippen molar-refractivity contribution in [3.8, 4) is 0 Å². The zero-order valence-corrected chi connectivity index (χ0v) is 24.9. The summed E-state index contributed by atoms with van der Waals surface area (Å²) < 4.78 is 5.80. The van der Waals surface area contributed by atoms with Crippen LogP contribution in [0.4, 0.5) is 0 Å². The molecule has 0 bridgehead atoms. The summed E-state index contributed by atoms with van der Waals surface area (Å²) in [5, 5.41) is 21.9. The lowest BCUT2D eigenvalue weighted by atomic mass is 9.44. The molecule has 0 amide bonds. The Morgan fingerprint density at radius 3 is 2.37 bits per heavy atom. The van der Waals surface area contributed by atoms with Gasteiger partial charge in [-0.2, -0.15) is 0 Å². The molecule has 0 aromatic carbocycles. The topological polar surface area (TPSA) is 83.8 Å². The highest BCUT2D eigenvalue weighted by molar-refractivity contribution is 5.71. The molecule has 0 aromatic rings. The van der Waals surface area contributed by atoms with Crippen LogP contribution in [0.25, 0.3) is 0 Å². The van der Waals surface area contributed by atoms with E-state index in [2.05, 4.69) is 67.2 Å². The van der Waals surface area contributed by atoms with Gasteiger partial charge in [0.05, 0.1) is 12.0 Å². The lowest BCUT2D eigenvalue weighted by molar-refractivity contribution is -0.165.